The highest BCUT2D eigenvalue weighted by Gasteiger charge is 2.24. The van der Waals surface area contributed by atoms with Crippen molar-refractivity contribution in [3.8, 4) is 5.75 Å². The minimum Gasteiger partial charge on any atom is -0.495 e. The number of hydrogen-bond acceptors (Lipinski definition) is 4. The van der Waals surface area contributed by atoms with Crippen molar-refractivity contribution in [2.45, 2.75) is 26.2 Å². The van der Waals surface area contributed by atoms with Crippen LogP contribution < -0.4 is 15.0 Å². The number of benzene rings is 2. The summed E-state index contributed by atoms with van der Waals surface area (Å²) in [6.07, 6.45) is -0.138. The van der Waals surface area contributed by atoms with Gasteiger partial charge < -0.3 is 19.9 Å². The maximum absolute atomic E-state index is 12.5. The summed E-state index contributed by atoms with van der Waals surface area (Å²) in [4.78, 5) is 28.8. The number of anilines is 2. The second-order valence-corrected chi connectivity index (χ2v) is 7.54. The first-order valence-corrected chi connectivity index (χ1v) is 10.0. The van der Waals surface area contributed by atoms with Crippen LogP contribution in [0.1, 0.15) is 31.7 Å². The summed E-state index contributed by atoms with van der Waals surface area (Å²) < 4.78 is 5.43. The number of nitrogens with zero attached hydrogens (tertiary/aromatic N) is 2. The molecule has 1 fully saturated rings. The van der Waals surface area contributed by atoms with Crippen molar-refractivity contribution in [1.82, 2.24) is 4.90 Å². The lowest BCUT2D eigenvalue weighted by atomic mass is 10.0. The number of piperazine rings is 1. The van der Waals surface area contributed by atoms with Gasteiger partial charge in [-0.05, 0) is 35.7 Å². The van der Waals surface area contributed by atoms with E-state index in [4.69, 9.17) is 4.74 Å². The highest BCUT2D eigenvalue weighted by Crippen LogP contribution is 2.28. The van der Waals surface area contributed by atoms with Crippen LogP contribution in [0.4, 0.5) is 11.4 Å². The van der Waals surface area contributed by atoms with Crippen molar-refractivity contribution < 1.29 is 14.3 Å². The van der Waals surface area contributed by atoms with Crippen LogP contribution in [-0.4, -0.2) is 50.0 Å². The van der Waals surface area contributed by atoms with Crippen molar-refractivity contribution in [1.29, 1.82) is 0 Å². The van der Waals surface area contributed by atoms with Crippen LogP contribution in [0.25, 0.3) is 0 Å². The van der Waals surface area contributed by atoms with Crippen LogP contribution >= 0.6 is 0 Å². The molecule has 0 bridgehead atoms. The molecule has 0 aliphatic carbocycles. The van der Waals surface area contributed by atoms with E-state index in [1.807, 2.05) is 48.5 Å². The maximum atomic E-state index is 12.5. The fraction of sp³-hybridized carbons (Fsp3) is 0.391. The number of carbonyl (C=O) groups is 2. The molecule has 0 atom stereocenters. The fourth-order valence-electron chi connectivity index (χ4n) is 3.49. The quantitative estimate of drug-likeness (QED) is 0.761. The van der Waals surface area contributed by atoms with Gasteiger partial charge in [-0.3, -0.25) is 9.59 Å². The van der Waals surface area contributed by atoms with Crippen LogP contribution in [0, 0.1) is 0 Å². The Bertz CT molecular complexity index is 841. The molecular formula is C23H29N3O3. The summed E-state index contributed by atoms with van der Waals surface area (Å²) in [5, 5.41) is 2.81. The molecule has 3 rings (SSSR count). The number of rotatable bonds is 6. The minimum atomic E-state index is -0.278. The standard InChI is InChI=1S/C23H29N3O3/c1-17(2)18-8-10-19(11-9-18)24-22(27)16-23(28)26-14-12-25(13-15-26)20-6-4-5-7-21(20)29-3/h4-11,17H,12-16H2,1-3H3,(H,24,27). The van der Waals surface area contributed by atoms with Gasteiger partial charge in [-0.15, -0.1) is 0 Å². The van der Waals surface area contributed by atoms with Gasteiger partial charge in [0.25, 0.3) is 0 Å². The average Bonchev–Trinajstić information content (AvgIpc) is 2.74. The Hall–Kier alpha value is -3.02. The van der Waals surface area contributed by atoms with Crippen molar-refractivity contribution in [2.75, 3.05) is 43.5 Å². The second-order valence-electron chi connectivity index (χ2n) is 7.54. The number of hydrogen-bond donors (Lipinski definition) is 1. The topological polar surface area (TPSA) is 61.9 Å². The average molecular weight is 396 g/mol. The van der Waals surface area contributed by atoms with Gasteiger partial charge in [-0.1, -0.05) is 38.1 Å². The second kappa shape index (κ2) is 9.45. The summed E-state index contributed by atoms with van der Waals surface area (Å²) in [6.45, 7) is 6.86. The molecule has 1 aliphatic rings. The van der Waals surface area contributed by atoms with Crippen molar-refractivity contribution >= 4 is 23.2 Å². The van der Waals surface area contributed by atoms with Crippen LogP contribution in [-0.2, 0) is 9.59 Å². The summed E-state index contributed by atoms with van der Waals surface area (Å²) in [5.74, 6) is 0.853. The Labute approximate surface area is 172 Å². The van der Waals surface area contributed by atoms with Crippen LogP contribution in [0.3, 0.4) is 0 Å². The Morgan fingerprint density at radius 2 is 1.66 bits per heavy atom. The van der Waals surface area contributed by atoms with E-state index in [9.17, 15) is 9.59 Å². The first kappa shape index (κ1) is 20.7. The zero-order valence-corrected chi connectivity index (χ0v) is 17.4. The molecular weight excluding hydrogens is 366 g/mol. The molecule has 0 unspecified atom stereocenters. The van der Waals surface area contributed by atoms with Gasteiger partial charge in [0.2, 0.25) is 11.8 Å². The number of methoxy groups -OCH3 is 1. The Morgan fingerprint density at radius 1 is 1.00 bits per heavy atom. The smallest absolute Gasteiger partial charge is 0.233 e. The fourth-order valence-corrected chi connectivity index (χ4v) is 3.49. The van der Waals surface area contributed by atoms with E-state index in [-0.39, 0.29) is 18.2 Å². The van der Waals surface area contributed by atoms with Crippen molar-refractivity contribution in [3.05, 3.63) is 54.1 Å². The molecule has 1 heterocycles. The van der Waals surface area contributed by atoms with Crippen molar-refractivity contribution in [3.63, 3.8) is 0 Å². The number of carbonyl (C=O) groups excluding carboxylic acids is 2. The third-order valence-corrected chi connectivity index (χ3v) is 5.23. The van der Waals surface area contributed by atoms with Crippen molar-refractivity contribution in [2.24, 2.45) is 0 Å². The lowest BCUT2D eigenvalue weighted by molar-refractivity contribution is -0.134. The first-order valence-electron chi connectivity index (χ1n) is 10.0. The normalized spacial score (nSPS) is 14.1. The van der Waals surface area contributed by atoms with Gasteiger partial charge in [0.1, 0.15) is 12.2 Å². The Morgan fingerprint density at radius 3 is 2.28 bits per heavy atom. The highest BCUT2D eigenvalue weighted by atomic mass is 16.5. The molecule has 2 amide bonds. The van der Waals surface area contributed by atoms with Crippen LogP contribution in [0.15, 0.2) is 48.5 Å². The largest absolute Gasteiger partial charge is 0.495 e. The lowest BCUT2D eigenvalue weighted by Gasteiger charge is -2.36. The number of amides is 2. The van der Waals surface area contributed by atoms with Gasteiger partial charge in [0.15, 0.2) is 0 Å². The predicted molar refractivity (Wildman–Crippen MR) is 116 cm³/mol. The summed E-state index contributed by atoms with van der Waals surface area (Å²) >= 11 is 0. The lowest BCUT2D eigenvalue weighted by Crippen LogP contribution is -2.49. The van der Waals surface area contributed by atoms with Gasteiger partial charge >= 0.3 is 0 Å². The molecule has 29 heavy (non-hydrogen) atoms. The van der Waals surface area contributed by atoms with Crippen LogP contribution in [0.5, 0.6) is 5.75 Å². The molecule has 1 N–H and O–H groups in total. The SMILES string of the molecule is COc1ccccc1N1CCN(C(=O)CC(=O)Nc2ccc(C(C)C)cc2)CC1. The zero-order valence-electron chi connectivity index (χ0n) is 17.4. The van der Waals surface area contributed by atoms with E-state index in [0.717, 1.165) is 11.4 Å². The molecule has 0 saturated carbocycles. The molecule has 0 radical (unpaired) electrons. The number of nitrogens with one attached hydrogen (secondary N) is 1. The molecule has 1 aliphatic heterocycles. The molecule has 6 nitrogen and oxygen atoms in total. The Kier molecular flexibility index (Phi) is 6.75. The molecule has 6 heteroatoms. The van der Waals surface area contributed by atoms with Gasteiger partial charge in [0.05, 0.1) is 12.8 Å². The molecule has 154 valence electrons. The minimum absolute atomic E-state index is 0.138. The summed E-state index contributed by atoms with van der Waals surface area (Å²) in [7, 11) is 1.66. The van der Waals surface area contributed by atoms with Gasteiger partial charge in [-0.25, -0.2) is 0 Å². The number of ether oxygens (including phenoxy) is 1. The van der Waals surface area contributed by atoms with Crippen LogP contribution in [0.2, 0.25) is 0 Å². The molecule has 0 aromatic heterocycles. The maximum Gasteiger partial charge on any atom is 0.233 e. The monoisotopic (exact) mass is 395 g/mol. The number of para-hydroxylation sites is 2. The molecule has 2 aromatic carbocycles. The van der Waals surface area contributed by atoms with E-state index < -0.39 is 0 Å². The molecule has 0 spiro atoms. The summed E-state index contributed by atoms with van der Waals surface area (Å²) in [5.41, 5.74) is 2.96. The summed E-state index contributed by atoms with van der Waals surface area (Å²) in [6, 6.07) is 15.6. The van der Waals surface area contributed by atoms with E-state index >= 15 is 0 Å². The third kappa shape index (κ3) is 5.28. The molecule has 1 saturated heterocycles. The van der Waals surface area contributed by atoms with Gasteiger partial charge in [0, 0.05) is 31.9 Å². The zero-order chi connectivity index (χ0) is 20.8. The molecule has 2 aromatic rings. The van der Waals surface area contributed by atoms with E-state index in [2.05, 4.69) is 24.1 Å². The highest BCUT2D eigenvalue weighted by molar-refractivity contribution is 6.03. The first-order chi connectivity index (χ1) is 14.0. The van der Waals surface area contributed by atoms with E-state index in [1.165, 1.54) is 5.56 Å². The van der Waals surface area contributed by atoms with E-state index in [1.54, 1.807) is 12.0 Å². The van der Waals surface area contributed by atoms with Gasteiger partial charge in [-0.2, -0.15) is 0 Å². The van der Waals surface area contributed by atoms with E-state index in [0.29, 0.717) is 37.8 Å². The Balaban J connectivity index is 1.49. The predicted octanol–water partition coefficient (Wildman–Crippen LogP) is 3.50. The third-order valence-electron chi connectivity index (χ3n) is 5.23.